The van der Waals surface area contributed by atoms with Crippen molar-refractivity contribution in [2.45, 2.75) is 52.1 Å². The van der Waals surface area contributed by atoms with Crippen LogP contribution in [-0.4, -0.2) is 35.5 Å². The lowest BCUT2D eigenvalue weighted by Gasteiger charge is -2.39. The topological polar surface area (TPSA) is 43.5 Å². The Balaban J connectivity index is 2.88. The van der Waals surface area contributed by atoms with Crippen molar-refractivity contribution < 1.29 is 10.0 Å². The molecule has 1 aromatic carbocycles. The lowest BCUT2D eigenvalue weighted by atomic mass is 9.89. The predicted molar refractivity (Wildman–Crippen MR) is 88.6 cm³/mol. The van der Waals surface area contributed by atoms with E-state index in [0.717, 1.165) is 5.56 Å². The Morgan fingerprint density at radius 1 is 1.14 bits per heavy atom. The van der Waals surface area contributed by atoms with Gasteiger partial charge in [0.1, 0.15) is 0 Å². The number of nitrogens with zero attached hydrogens (tertiary/aromatic N) is 2. The Morgan fingerprint density at radius 3 is 2.14 bits per heavy atom. The van der Waals surface area contributed by atoms with E-state index in [1.807, 2.05) is 44.2 Å². The molecule has 1 rings (SSSR count). The van der Waals surface area contributed by atoms with E-state index >= 15 is 0 Å². The van der Waals surface area contributed by atoms with E-state index in [1.54, 1.807) is 19.0 Å². The summed E-state index contributed by atoms with van der Waals surface area (Å²) in [4.78, 5) is 13.4. The maximum absolute atomic E-state index is 13.0. The van der Waals surface area contributed by atoms with Gasteiger partial charge in [0.05, 0.1) is 6.04 Å². The number of rotatable bonds is 7. The van der Waals surface area contributed by atoms with Crippen molar-refractivity contribution in [3.05, 3.63) is 35.9 Å². The largest absolute Gasteiger partial charge is 0.349 e. The van der Waals surface area contributed by atoms with Gasteiger partial charge in [0.2, 0.25) is 5.91 Å². The maximum Gasteiger partial charge on any atom is 0.222 e. The van der Waals surface area contributed by atoms with Crippen molar-refractivity contribution in [1.82, 2.24) is 9.96 Å². The standard InChI is InChI=1S/C18H29N2O2/c1-14(2)17(15-10-8-7-9-11-15)20(22)18(3,4)13-12-16(21)19(5)6/h7-11,14,17H,12-13H2,1-6H3/t17-/m1/s1. The van der Waals surface area contributed by atoms with E-state index in [1.165, 1.54) is 5.06 Å². The Morgan fingerprint density at radius 2 is 1.68 bits per heavy atom. The average molecular weight is 305 g/mol. The van der Waals surface area contributed by atoms with Gasteiger partial charge < -0.3 is 4.90 Å². The molecule has 0 spiro atoms. The van der Waals surface area contributed by atoms with Crippen LogP contribution in [0.5, 0.6) is 0 Å². The fourth-order valence-corrected chi connectivity index (χ4v) is 2.56. The lowest BCUT2D eigenvalue weighted by Crippen LogP contribution is -2.45. The number of hydrogen-bond acceptors (Lipinski definition) is 2. The lowest BCUT2D eigenvalue weighted by molar-refractivity contribution is -0.256. The number of hydrogen-bond donors (Lipinski definition) is 0. The van der Waals surface area contributed by atoms with Gasteiger partial charge >= 0.3 is 0 Å². The van der Waals surface area contributed by atoms with Crippen molar-refractivity contribution in [1.29, 1.82) is 0 Å². The predicted octanol–water partition coefficient (Wildman–Crippen LogP) is 3.68. The molecule has 0 saturated heterocycles. The molecule has 0 unspecified atom stereocenters. The third kappa shape index (κ3) is 4.82. The molecule has 0 fully saturated rings. The molecule has 0 heterocycles. The van der Waals surface area contributed by atoms with Gasteiger partial charge in [-0.3, -0.25) is 4.79 Å². The number of hydroxylamine groups is 2. The first-order valence-corrected chi connectivity index (χ1v) is 7.88. The van der Waals surface area contributed by atoms with Crippen LogP contribution in [-0.2, 0) is 10.0 Å². The van der Waals surface area contributed by atoms with E-state index in [0.29, 0.717) is 12.8 Å². The summed E-state index contributed by atoms with van der Waals surface area (Å²) in [5.74, 6) is 0.256. The summed E-state index contributed by atoms with van der Waals surface area (Å²) in [7, 11) is 3.48. The van der Waals surface area contributed by atoms with Crippen LogP contribution in [0.3, 0.4) is 0 Å². The van der Waals surface area contributed by atoms with Gasteiger partial charge in [0.15, 0.2) is 0 Å². The quantitative estimate of drug-likeness (QED) is 0.721. The first-order valence-electron chi connectivity index (χ1n) is 7.88. The monoisotopic (exact) mass is 305 g/mol. The summed E-state index contributed by atoms with van der Waals surface area (Å²) < 4.78 is 0. The second-order valence-corrected chi connectivity index (χ2v) is 7.03. The summed E-state index contributed by atoms with van der Waals surface area (Å²) in [6.45, 7) is 7.95. The molecule has 4 nitrogen and oxygen atoms in total. The van der Waals surface area contributed by atoms with Crippen molar-refractivity contribution >= 4 is 5.91 Å². The van der Waals surface area contributed by atoms with Crippen LogP contribution < -0.4 is 0 Å². The molecule has 123 valence electrons. The Kier molecular flexibility index (Phi) is 6.57. The van der Waals surface area contributed by atoms with Crippen LogP contribution in [0.4, 0.5) is 0 Å². The SMILES string of the molecule is CC(C)[C@H](c1ccccc1)N([O])C(C)(C)CCC(=O)N(C)C. The molecule has 0 aliphatic rings. The summed E-state index contributed by atoms with van der Waals surface area (Å²) in [6, 6.07) is 9.66. The molecule has 22 heavy (non-hydrogen) atoms. The normalized spacial score (nSPS) is 13.5. The first-order chi connectivity index (χ1) is 10.2. The molecule has 1 atom stereocenters. The molecule has 4 heteroatoms. The molecule has 1 radical (unpaired) electrons. The smallest absolute Gasteiger partial charge is 0.222 e. The van der Waals surface area contributed by atoms with Crippen LogP contribution in [0, 0.1) is 5.92 Å². The fourth-order valence-electron chi connectivity index (χ4n) is 2.56. The van der Waals surface area contributed by atoms with Crippen molar-refractivity contribution in [3.8, 4) is 0 Å². The van der Waals surface area contributed by atoms with Crippen molar-refractivity contribution in [2.75, 3.05) is 14.1 Å². The van der Waals surface area contributed by atoms with Gasteiger partial charge in [0, 0.05) is 26.1 Å². The van der Waals surface area contributed by atoms with Crippen LogP contribution in [0.2, 0.25) is 0 Å². The van der Waals surface area contributed by atoms with Crippen LogP contribution >= 0.6 is 0 Å². The molecule has 0 saturated carbocycles. The highest BCUT2D eigenvalue weighted by Gasteiger charge is 2.35. The zero-order valence-corrected chi connectivity index (χ0v) is 14.7. The number of benzene rings is 1. The highest BCUT2D eigenvalue weighted by Crippen LogP contribution is 2.34. The van der Waals surface area contributed by atoms with Gasteiger partial charge in [-0.1, -0.05) is 44.2 Å². The molecule has 0 bridgehead atoms. The van der Waals surface area contributed by atoms with Crippen molar-refractivity contribution in [2.24, 2.45) is 5.92 Å². The minimum absolute atomic E-state index is 0.0577. The molecular formula is C18H29N2O2. The van der Waals surface area contributed by atoms with Crippen LogP contribution in [0.1, 0.15) is 52.1 Å². The minimum atomic E-state index is -0.587. The summed E-state index contributed by atoms with van der Waals surface area (Å²) in [5.41, 5.74) is 0.440. The third-order valence-corrected chi connectivity index (χ3v) is 4.07. The molecule has 0 N–H and O–H groups in total. The zero-order valence-electron chi connectivity index (χ0n) is 14.7. The van der Waals surface area contributed by atoms with E-state index in [9.17, 15) is 10.0 Å². The molecule has 0 aliphatic heterocycles. The minimum Gasteiger partial charge on any atom is -0.349 e. The molecule has 0 aromatic heterocycles. The Bertz CT molecular complexity index is 469. The summed E-state index contributed by atoms with van der Waals surface area (Å²) >= 11 is 0. The highest BCUT2D eigenvalue weighted by molar-refractivity contribution is 5.75. The number of carbonyl (C=O) groups is 1. The second-order valence-electron chi connectivity index (χ2n) is 7.03. The molecular weight excluding hydrogens is 276 g/mol. The van der Waals surface area contributed by atoms with Crippen LogP contribution in [0.25, 0.3) is 0 Å². The number of amides is 1. The van der Waals surface area contributed by atoms with Crippen molar-refractivity contribution in [3.63, 3.8) is 0 Å². The van der Waals surface area contributed by atoms with E-state index < -0.39 is 5.54 Å². The van der Waals surface area contributed by atoms with E-state index in [2.05, 4.69) is 13.8 Å². The Labute approximate surface area is 134 Å². The zero-order chi connectivity index (χ0) is 16.9. The molecule has 1 amide bonds. The molecule has 1 aromatic rings. The van der Waals surface area contributed by atoms with Gasteiger partial charge in [-0.15, -0.1) is 10.3 Å². The first kappa shape index (κ1) is 18.7. The van der Waals surface area contributed by atoms with Gasteiger partial charge in [-0.2, -0.15) is 0 Å². The summed E-state index contributed by atoms with van der Waals surface area (Å²) in [5, 5.41) is 14.2. The average Bonchev–Trinajstić information content (AvgIpc) is 2.45. The third-order valence-electron chi connectivity index (χ3n) is 4.07. The van der Waals surface area contributed by atoms with E-state index in [-0.39, 0.29) is 17.9 Å². The van der Waals surface area contributed by atoms with Gasteiger partial charge in [-0.05, 0) is 31.7 Å². The second kappa shape index (κ2) is 7.75. The van der Waals surface area contributed by atoms with E-state index in [4.69, 9.17) is 0 Å². The Hall–Kier alpha value is -1.39. The highest BCUT2D eigenvalue weighted by atomic mass is 16.5. The summed E-state index contributed by atoms with van der Waals surface area (Å²) in [6.07, 6.45) is 0.932. The van der Waals surface area contributed by atoms with Gasteiger partial charge in [0.25, 0.3) is 0 Å². The fraction of sp³-hybridized carbons (Fsp3) is 0.611. The number of carbonyl (C=O) groups excluding carboxylic acids is 1. The van der Waals surface area contributed by atoms with Crippen LogP contribution in [0.15, 0.2) is 30.3 Å². The molecule has 0 aliphatic carbocycles. The van der Waals surface area contributed by atoms with Gasteiger partial charge in [-0.25, -0.2) is 0 Å². The maximum atomic E-state index is 13.0.